The fraction of sp³-hybridized carbons (Fsp3) is 0.500. The molecule has 3 N–H and O–H groups in total. The van der Waals surface area contributed by atoms with E-state index in [0.717, 1.165) is 17.9 Å². The first kappa shape index (κ1) is 16.5. The van der Waals surface area contributed by atoms with E-state index in [-0.39, 0.29) is 0 Å². The van der Waals surface area contributed by atoms with E-state index in [9.17, 15) is 5.11 Å². The molecule has 0 bridgehead atoms. The Morgan fingerprint density at radius 1 is 1.40 bits per heavy atom. The zero-order chi connectivity index (χ0) is 15.0. The Hall–Kier alpha value is -1.54. The number of nitrogens with zero attached hydrogens (tertiary/aromatic N) is 1. The third-order valence-corrected chi connectivity index (χ3v) is 2.57. The SMILES string of the molecule is CN(CCOc1cccc(C#CCN)c1)CC(C)(C)O. The summed E-state index contributed by atoms with van der Waals surface area (Å²) in [5.74, 6) is 6.59. The number of ether oxygens (including phenoxy) is 1. The van der Waals surface area contributed by atoms with Gasteiger partial charge in [-0.2, -0.15) is 0 Å². The van der Waals surface area contributed by atoms with Gasteiger partial charge in [-0.15, -0.1) is 0 Å². The van der Waals surface area contributed by atoms with Crippen LogP contribution < -0.4 is 10.5 Å². The molecular formula is C16H24N2O2. The molecule has 0 saturated heterocycles. The van der Waals surface area contributed by atoms with E-state index in [2.05, 4.69) is 11.8 Å². The van der Waals surface area contributed by atoms with Gasteiger partial charge in [0.05, 0.1) is 12.1 Å². The molecule has 0 aliphatic heterocycles. The van der Waals surface area contributed by atoms with Crippen molar-refractivity contribution in [1.29, 1.82) is 0 Å². The van der Waals surface area contributed by atoms with Gasteiger partial charge in [0, 0.05) is 18.7 Å². The Kier molecular flexibility index (Phi) is 6.53. The first-order valence-electron chi connectivity index (χ1n) is 6.73. The lowest BCUT2D eigenvalue weighted by atomic mass is 10.1. The molecule has 0 aliphatic rings. The molecule has 0 unspecified atom stereocenters. The van der Waals surface area contributed by atoms with E-state index in [1.807, 2.05) is 36.2 Å². The van der Waals surface area contributed by atoms with Crippen LogP contribution in [-0.4, -0.2) is 48.9 Å². The molecule has 0 aliphatic carbocycles. The minimum atomic E-state index is -0.688. The zero-order valence-corrected chi connectivity index (χ0v) is 12.5. The highest BCUT2D eigenvalue weighted by Gasteiger charge is 2.15. The third kappa shape index (κ3) is 7.15. The van der Waals surface area contributed by atoms with Crippen molar-refractivity contribution in [3.8, 4) is 17.6 Å². The summed E-state index contributed by atoms with van der Waals surface area (Å²) in [5.41, 5.74) is 5.56. The average molecular weight is 276 g/mol. The molecule has 0 atom stereocenters. The normalized spacial score (nSPS) is 11.1. The van der Waals surface area contributed by atoms with Gasteiger partial charge in [-0.05, 0) is 39.1 Å². The standard InChI is InChI=1S/C16H24N2O2/c1-16(2,19)13-18(3)10-11-20-15-8-4-6-14(12-15)7-5-9-17/h4,6,8,12,19H,9-11,13,17H2,1-3H3. The number of benzene rings is 1. The molecule has 0 saturated carbocycles. The van der Waals surface area contributed by atoms with Gasteiger partial charge in [0.1, 0.15) is 12.4 Å². The molecule has 0 spiro atoms. The molecule has 1 rings (SSSR count). The highest BCUT2D eigenvalue weighted by molar-refractivity contribution is 5.39. The van der Waals surface area contributed by atoms with Crippen molar-refractivity contribution in [3.05, 3.63) is 29.8 Å². The molecule has 0 heterocycles. The third-order valence-electron chi connectivity index (χ3n) is 2.57. The quantitative estimate of drug-likeness (QED) is 0.763. The molecule has 0 aromatic heterocycles. The van der Waals surface area contributed by atoms with Gasteiger partial charge in [-0.3, -0.25) is 0 Å². The van der Waals surface area contributed by atoms with Crippen LogP contribution in [0.15, 0.2) is 24.3 Å². The first-order chi connectivity index (χ1) is 9.40. The summed E-state index contributed by atoms with van der Waals surface area (Å²) >= 11 is 0. The Bertz CT molecular complexity index is 469. The Morgan fingerprint density at radius 3 is 2.80 bits per heavy atom. The number of hydrogen-bond acceptors (Lipinski definition) is 4. The monoisotopic (exact) mass is 276 g/mol. The largest absolute Gasteiger partial charge is 0.492 e. The van der Waals surface area contributed by atoms with Crippen LogP contribution in [0.5, 0.6) is 5.75 Å². The summed E-state index contributed by atoms with van der Waals surface area (Å²) in [4.78, 5) is 2.04. The van der Waals surface area contributed by atoms with E-state index in [4.69, 9.17) is 10.5 Å². The summed E-state index contributed by atoms with van der Waals surface area (Å²) in [6.07, 6.45) is 0. The molecule has 110 valence electrons. The lowest BCUT2D eigenvalue weighted by Gasteiger charge is -2.25. The second-order valence-corrected chi connectivity index (χ2v) is 5.43. The van der Waals surface area contributed by atoms with Gasteiger partial charge in [0.15, 0.2) is 0 Å². The van der Waals surface area contributed by atoms with Gasteiger partial charge in [0.2, 0.25) is 0 Å². The highest BCUT2D eigenvalue weighted by atomic mass is 16.5. The van der Waals surface area contributed by atoms with Crippen molar-refractivity contribution < 1.29 is 9.84 Å². The van der Waals surface area contributed by atoms with Crippen LogP contribution >= 0.6 is 0 Å². The molecule has 20 heavy (non-hydrogen) atoms. The maximum Gasteiger partial charge on any atom is 0.120 e. The Labute approximate surface area is 121 Å². The molecule has 4 heteroatoms. The van der Waals surface area contributed by atoms with Gasteiger partial charge in [0.25, 0.3) is 0 Å². The molecule has 0 amide bonds. The van der Waals surface area contributed by atoms with Crippen LogP contribution in [0.1, 0.15) is 19.4 Å². The summed E-state index contributed by atoms with van der Waals surface area (Å²) in [6, 6.07) is 7.65. The van der Waals surface area contributed by atoms with Crippen molar-refractivity contribution in [1.82, 2.24) is 4.90 Å². The summed E-state index contributed by atoms with van der Waals surface area (Å²) < 4.78 is 5.69. The predicted octanol–water partition coefficient (Wildman–Crippen LogP) is 1.08. The van der Waals surface area contributed by atoms with E-state index in [1.165, 1.54) is 0 Å². The number of aliphatic hydroxyl groups is 1. The number of nitrogens with two attached hydrogens (primary N) is 1. The Balaban J connectivity index is 2.42. The Morgan fingerprint density at radius 2 is 2.15 bits per heavy atom. The molecule has 0 fully saturated rings. The topological polar surface area (TPSA) is 58.7 Å². The minimum Gasteiger partial charge on any atom is -0.492 e. The van der Waals surface area contributed by atoms with E-state index >= 15 is 0 Å². The molecule has 1 aromatic carbocycles. The van der Waals surface area contributed by atoms with E-state index in [0.29, 0.717) is 19.7 Å². The molecular weight excluding hydrogens is 252 g/mol. The first-order valence-corrected chi connectivity index (χ1v) is 6.73. The van der Waals surface area contributed by atoms with Crippen LogP contribution in [0.25, 0.3) is 0 Å². The molecule has 4 nitrogen and oxygen atoms in total. The number of rotatable bonds is 6. The fourth-order valence-electron chi connectivity index (χ4n) is 1.88. The van der Waals surface area contributed by atoms with Crippen molar-refractivity contribution in [2.24, 2.45) is 5.73 Å². The van der Waals surface area contributed by atoms with Crippen LogP contribution in [0, 0.1) is 11.8 Å². The molecule has 1 aromatic rings. The second kappa shape index (κ2) is 7.91. The smallest absolute Gasteiger partial charge is 0.120 e. The predicted molar refractivity (Wildman–Crippen MR) is 81.7 cm³/mol. The van der Waals surface area contributed by atoms with Crippen LogP contribution in [0.2, 0.25) is 0 Å². The summed E-state index contributed by atoms with van der Waals surface area (Å²) in [6.45, 7) is 5.88. The van der Waals surface area contributed by atoms with Crippen molar-refractivity contribution in [3.63, 3.8) is 0 Å². The van der Waals surface area contributed by atoms with Gasteiger partial charge < -0.3 is 20.5 Å². The summed E-state index contributed by atoms with van der Waals surface area (Å²) in [5, 5.41) is 9.72. The van der Waals surface area contributed by atoms with Gasteiger partial charge in [-0.25, -0.2) is 0 Å². The zero-order valence-electron chi connectivity index (χ0n) is 12.5. The van der Waals surface area contributed by atoms with Crippen molar-refractivity contribution in [2.75, 3.05) is 33.3 Å². The van der Waals surface area contributed by atoms with Gasteiger partial charge in [-0.1, -0.05) is 17.9 Å². The number of likely N-dealkylation sites (N-methyl/N-ethyl adjacent to an activating group) is 1. The minimum absolute atomic E-state index is 0.354. The number of hydrogen-bond donors (Lipinski definition) is 2. The second-order valence-electron chi connectivity index (χ2n) is 5.43. The average Bonchev–Trinajstić information content (AvgIpc) is 2.34. The lowest BCUT2D eigenvalue weighted by Crippen LogP contribution is -2.38. The maximum atomic E-state index is 9.72. The highest BCUT2D eigenvalue weighted by Crippen LogP contribution is 2.12. The van der Waals surface area contributed by atoms with Crippen molar-refractivity contribution in [2.45, 2.75) is 19.4 Å². The van der Waals surface area contributed by atoms with Crippen molar-refractivity contribution >= 4 is 0 Å². The van der Waals surface area contributed by atoms with E-state index < -0.39 is 5.60 Å². The van der Waals surface area contributed by atoms with Gasteiger partial charge >= 0.3 is 0 Å². The van der Waals surface area contributed by atoms with Crippen LogP contribution in [0.4, 0.5) is 0 Å². The van der Waals surface area contributed by atoms with E-state index in [1.54, 1.807) is 13.8 Å². The van der Waals surface area contributed by atoms with Crippen LogP contribution in [-0.2, 0) is 0 Å². The maximum absolute atomic E-state index is 9.72. The summed E-state index contributed by atoms with van der Waals surface area (Å²) in [7, 11) is 1.96. The molecule has 0 radical (unpaired) electrons. The van der Waals surface area contributed by atoms with Crippen LogP contribution in [0.3, 0.4) is 0 Å². The lowest BCUT2D eigenvalue weighted by molar-refractivity contribution is 0.0411. The fourth-order valence-corrected chi connectivity index (χ4v) is 1.88.